The first-order valence-electron chi connectivity index (χ1n) is 9.02. The summed E-state index contributed by atoms with van der Waals surface area (Å²) in [5, 5.41) is 11.4. The van der Waals surface area contributed by atoms with Gasteiger partial charge in [0.05, 0.1) is 11.5 Å². The molecule has 0 amide bonds. The third kappa shape index (κ3) is 4.72. The molecule has 1 heterocycles. The zero-order chi connectivity index (χ0) is 20.4. The summed E-state index contributed by atoms with van der Waals surface area (Å²) < 4.78 is 29.1. The van der Waals surface area contributed by atoms with E-state index in [1.165, 1.54) is 6.26 Å². The van der Waals surface area contributed by atoms with Crippen molar-refractivity contribution in [2.45, 2.75) is 30.6 Å². The summed E-state index contributed by atoms with van der Waals surface area (Å²) >= 11 is 5.99. The van der Waals surface area contributed by atoms with Gasteiger partial charge in [-0.2, -0.15) is 0 Å². The molecule has 1 aliphatic rings. The molecule has 1 aliphatic heterocycles. The van der Waals surface area contributed by atoms with Crippen LogP contribution in [0.15, 0.2) is 58.4 Å². The van der Waals surface area contributed by atoms with E-state index in [1.54, 1.807) is 41.3 Å². The average Bonchev–Trinajstić information content (AvgIpc) is 3.00. The minimum Gasteiger partial charge on any atom is -0.346 e. The summed E-state index contributed by atoms with van der Waals surface area (Å²) in [4.78, 5) is 6.47. The molecule has 3 rings (SSSR count). The molecule has 1 atom stereocenters. The molecule has 0 aliphatic carbocycles. The Kier molecular flexibility index (Phi) is 6.09. The number of nitrogens with zero attached hydrogens (tertiary/aromatic N) is 2. The van der Waals surface area contributed by atoms with Gasteiger partial charge in [-0.05, 0) is 55.0 Å². The van der Waals surface area contributed by atoms with Crippen LogP contribution in [0, 0.1) is 0 Å². The second-order valence-electron chi connectivity index (χ2n) is 6.74. The Hall–Kier alpha value is -1.93. The number of sulfone groups is 1. The van der Waals surface area contributed by atoms with Crippen LogP contribution in [0.25, 0.3) is 0 Å². The molecular weight excluding hydrogens is 400 g/mol. The quantitative estimate of drug-likeness (QED) is 0.546. The summed E-state index contributed by atoms with van der Waals surface area (Å²) in [7, 11) is -3.29. The second kappa shape index (κ2) is 8.21. The highest BCUT2D eigenvalue weighted by atomic mass is 35.5. The van der Waals surface area contributed by atoms with E-state index in [1.807, 2.05) is 19.1 Å². The predicted molar refractivity (Wildman–Crippen MR) is 111 cm³/mol. The highest BCUT2D eigenvalue weighted by Gasteiger charge is 2.39. The lowest BCUT2D eigenvalue weighted by Crippen LogP contribution is -2.38. The number of amidine groups is 1. The highest BCUT2D eigenvalue weighted by molar-refractivity contribution is 7.90. The fourth-order valence-corrected chi connectivity index (χ4v) is 3.66. The van der Waals surface area contributed by atoms with Gasteiger partial charge in [-0.15, -0.1) is 0 Å². The summed E-state index contributed by atoms with van der Waals surface area (Å²) in [6.45, 7) is 2.54. The predicted octanol–water partition coefficient (Wildman–Crippen LogP) is 3.47. The third-order valence-electron chi connectivity index (χ3n) is 4.41. The van der Waals surface area contributed by atoms with Crippen molar-refractivity contribution >= 4 is 33.0 Å². The van der Waals surface area contributed by atoms with Gasteiger partial charge in [0, 0.05) is 22.5 Å². The first-order valence-corrected chi connectivity index (χ1v) is 11.3. The number of unbranched alkanes of at least 4 members (excludes halogenated alkanes) is 1. The Morgan fingerprint density at radius 2 is 1.82 bits per heavy atom. The molecule has 0 saturated carbocycles. The van der Waals surface area contributed by atoms with Crippen molar-refractivity contribution in [3.63, 3.8) is 0 Å². The van der Waals surface area contributed by atoms with E-state index in [-0.39, 0.29) is 11.4 Å². The van der Waals surface area contributed by atoms with Crippen LogP contribution in [-0.4, -0.2) is 44.7 Å². The van der Waals surface area contributed by atoms with Crippen LogP contribution in [0.2, 0.25) is 5.02 Å². The van der Waals surface area contributed by atoms with Crippen molar-refractivity contribution in [2.75, 3.05) is 24.3 Å². The maximum atomic E-state index is 11.7. The number of hydrogen-bond donors (Lipinski definition) is 1. The second-order valence-corrected chi connectivity index (χ2v) is 9.19. The molecule has 0 radical (unpaired) electrons. The molecule has 0 saturated heterocycles. The van der Waals surface area contributed by atoms with Gasteiger partial charge in [-0.3, -0.25) is 0 Å². The minimum atomic E-state index is -3.29. The van der Waals surface area contributed by atoms with Crippen molar-refractivity contribution in [1.29, 1.82) is 0 Å². The van der Waals surface area contributed by atoms with E-state index < -0.39 is 15.7 Å². The standard InChI is InChI=1S/C20H23ClN2O4S/c1-3-4-13-27-20(24)14-23(17-9-11-18(12-10-17)28(2,25)26)19(22-20)15-5-7-16(21)8-6-15/h5-12,24H,3-4,13-14H2,1-2H3. The van der Waals surface area contributed by atoms with Crippen molar-refractivity contribution in [3.05, 3.63) is 59.1 Å². The third-order valence-corrected chi connectivity index (χ3v) is 5.79. The first kappa shape index (κ1) is 20.8. The molecule has 0 spiro atoms. The lowest BCUT2D eigenvalue weighted by atomic mass is 10.2. The SMILES string of the molecule is CCCCOC1(O)CN(c2ccc(S(C)(=O)=O)cc2)C(c2ccc(Cl)cc2)=N1. The lowest BCUT2D eigenvalue weighted by molar-refractivity contribution is -0.184. The summed E-state index contributed by atoms with van der Waals surface area (Å²) in [5.41, 5.74) is 1.47. The van der Waals surface area contributed by atoms with Gasteiger partial charge in [-0.25, -0.2) is 13.4 Å². The number of hydrogen-bond acceptors (Lipinski definition) is 6. The van der Waals surface area contributed by atoms with Gasteiger partial charge in [0.25, 0.3) is 5.91 Å². The molecule has 2 aromatic carbocycles. The number of ether oxygens (including phenoxy) is 1. The number of aliphatic hydroxyl groups is 1. The zero-order valence-corrected chi connectivity index (χ0v) is 17.4. The normalized spacial score (nSPS) is 19.7. The lowest BCUT2D eigenvalue weighted by Gasteiger charge is -2.24. The number of anilines is 1. The fourth-order valence-electron chi connectivity index (χ4n) is 2.91. The van der Waals surface area contributed by atoms with E-state index in [2.05, 4.69) is 4.99 Å². The van der Waals surface area contributed by atoms with Gasteiger partial charge in [0.15, 0.2) is 9.84 Å². The number of halogens is 1. The van der Waals surface area contributed by atoms with Crippen LogP contribution < -0.4 is 4.90 Å². The van der Waals surface area contributed by atoms with Crippen molar-refractivity contribution in [3.8, 4) is 0 Å². The van der Waals surface area contributed by atoms with Crippen LogP contribution in [0.1, 0.15) is 25.3 Å². The van der Waals surface area contributed by atoms with Gasteiger partial charge in [-0.1, -0.05) is 24.9 Å². The smallest absolute Gasteiger partial charge is 0.287 e. The molecule has 6 nitrogen and oxygen atoms in total. The topological polar surface area (TPSA) is 79.2 Å². The Morgan fingerprint density at radius 3 is 2.39 bits per heavy atom. The van der Waals surface area contributed by atoms with Crippen molar-refractivity contribution < 1.29 is 18.3 Å². The van der Waals surface area contributed by atoms with Crippen molar-refractivity contribution in [1.82, 2.24) is 0 Å². The number of rotatable bonds is 7. The first-order chi connectivity index (χ1) is 13.2. The van der Waals surface area contributed by atoms with Gasteiger partial charge >= 0.3 is 0 Å². The van der Waals surface area contributed by atoms with Crippen LogP contribution in [-0.2, 0) is 14.6 Å². The molecule has 1 unspecified atom stereocenters. The van der Waals surface area contributed by atoms with E-state index in [0.717, 1.165) is 18.4 Å². The summed E-state index contributed by atoms with van der Waals surface area (Å²) in [6, 6.07) is 13.6. The molecular formula is C20H23ClN2O4S. The molecule has 28 heavy (non-hydrogen) atoms. The highest BCUT2D eigenvalue weighted by Crippen LogP contribution is 2.30. The average molecular weight is 423 g/mol. The zero-order valence-electron chi connectivity index (χ0n) is 15.8. The maximum Gasteiger partial charge on any atom is 0.287 e. The monoisotopic (exact) mass is 422 g/mol. The van der Waals surface area contributed by atoms with E-state index in [9.17, 15) is 13.5 Å². The number of benzene rings is 2. The van der Waals surface area contributed by atoms with E-state index in [4.69, 9.17) is 16.3 Å². The Bertz CT molecular complexity index is 959. The van der Waals surface area contributed by atoms with Gasteiger partial charge in [0.2, 0.25) is 0 Å². The van der Waals surface area contributed by atoms with Crippen LogP contribution in [0.3, 0.4) is 0 Å². The molecule has 2 aromatic rings. The molecule has 0 bridgehead atoms. The fraction of sp³-hybridized carbons (Fsp3) is 0.350. The van der Waals surface area contributed by atoms with Gasteiger partial charge < -0.3 is 14.7 Å². The van der Waals surface area contributed by atoms with E-state index >= 15 is 0 Å². The van der Waals surface area contributed by atoms with Crippen LogP contribution >= 0.6 is 11.6 Å². The molecule has 150 valence electrons. The summed E-state index contributed by atoms with van der Waals surface area (Å²) in [5.74, 6) is -1.14. The molecule has 1 N–H and O–H groups in total. The van der Waals surface area contributed by atoms with Gasteiger partial charge in [0.1, 0.15) is 12.4 Å². The molecule has 8 heteroatoms. The van der Waals surface area contributed by atoms with Crippen LogP contribution in [0.5, 0.6) is 0 Å². The number of β-amino-alcohol motifs (C(OH)–C–C–N with tert-alkyl or cyclic N) is 1. The van der Waals surface area contributed by atoms with E-state index in [0.29, 0.717) is 23.2 Å². The Labute approximate surface area is 170 Å². The maximum absolute atomic E-state index is 11.7. The number of aliphatic imine (C=N–C) groups is 1. The minimum absolute atomic E-state index is 0.104. The van der Waals surface area contributed by atoms with Crippen molar-refractivity contribution in [2.24, 2.45) is 4.99 Å². The Morgan fingerprint density at radius 1 is 1.18 bits per heavy atom. The molecule has 0 fully saturated rings. The largest absolute Gasteiger partial charge is 0.346 e. The summed E-state index contributed by atoms with van der Waals surface area (Å²) in [6.07, 6.45) is 2.93. The Balaban J connectivity index is 1.96. The van der Waals surface area contributed by atoms with Crippen LogP contribution in [0.4, 0.5) is 5.69 Å². The molecule has 0 aromatic heterocycles.